The molecule has 0 spiro atoms. The normalized spacial score (nSPS) is 10.5. The van der Waals surface area contributed by atoms with Gasteiger partial charge in [0, 0.05) is 17.7 Å². The molecule has 0 unspecified atom stereocenters. The Morgan fingerprint density at radius 1 is 1.15 bits per heavy atom. The highest BCUT2D eigenvalue weighted by atomic mass is 32.2. The Hall–Kier alpha value is -2.91. The molecule has 130 valence electrons. The summed E-state index contributed by atoms with van der Waals surface area (Å²) in [6, 6.07) is 16.8. The van der Waals surface area contributed by atoms with Gasteiger partial charge in [0.15, 0.2) is 16.8 Å². The Morgan fingerprint density at radius 2 is 1.88 bits per heavy atom. The van der Waals surface area contributed by atoms with Crippen molar-refractivity contribution in [1.29, 1.82) is 5.26 Å². The molecule has 0 atom stereocenters. The fraction of sp³-hybridized carbons (Fsp3) is 0.200. The van der Waals surface area contributed by atoms with Crippen molar-refractivity contribution in [3.8, 4) is 17.5 Å². The number of benzene rings is 2. The number of thioether (sulfide) groups is 1. The lowest BCUT2D eigenvalue weighted by atomic mass is 10.1. The van der Waals surface area contributed by atoms with Crippen LogP contribution >= 0.6 is 11.8 Å². The molecule has 0 bridgehead atoms. The minimum Gasteiger partial charge on any atom is -0.302 e. The summed E-state index contributed by atoms with van der Waals surface area (Å²) < 4.78 is 2.03. The minimum absolute atomic E-state index is 0.00239. The first-order valence-corrected chi connectivity index (χ1v) is 9.28. The maximum Gasteiger partial charge on any atom is 0.191 e. The molecule has 3 aromatic rings. The highest BCUT2D eigenvalue weighted by Gasteiger charge is 2.16. The Kier molecular flexibility index (Phi) is 5.49. The zero-order valence-corrected chi connectivity index (χ0v) is 15.5. The number of aryl methyl sites for hydroxylation is 1. The van der Waals surface area contributed by atoms with Crippen molar-refractivity contribution in [2.24, 2.45) is 0 Å². The Bertz CT molecular complexity index is 970. The molecule has 0 N–H and O–H groups in total. The van der Waals surface area contributed by atoms with Gasteiger partial charge in [0.1, 0.15) is 0 Å². The van der Waals surface area contributed by atoms with Crippen LogP contribution in [0.2, 0.25) is 0 Å². The smallest absolute Gasteiger partial charge is 0.191 e. The van der Waals surface area contributed by atoms with Crippen molar-refractivity contribution in [1.82, 2.24) is 14.8 Å². The molecule has 5 nitrogen and oxygen atoms in total. The minimum atomic E-state index is 0.00239. The average Bonchev–Trinajstić information content (AvgIpc) is 3.09. The highest BCUT2D eigenvalue weighted by Crippen LogP contribution is 2.26. The Balaban J connectivity index is 1.77. The number of carbonyl (C=O) groups is 1. The lowest BCUT2D eigenvalue weighted by Gasteiger charge is -2.09. The van der Waals surface area contributed by atoms with Crippen molar-refractivity contribution in [2.75, 3.05) is 5.75 Å². The number of nitriles is 1. The van der Waals surface area contributed by atoms with E-state index in [9.17, 15) is 4.79 Å². The fourth-order valence-electron chi connectivity index (χ4n) is 2.65. The van der Waals surface area contributed by atoms with E-state index < -0.39 is 0 Å². The van der Waals surface area contributed by atoms with E-state index in [0.717, 1.165) is 28.7 Å². The van der Waals surface area contributed by atoms with Gasteiger partial charge in [-0.15, -0.1) is 10.2 Å². The highest BCUT2D eigenvalue weighted by molar-refractivity contribution is 7.99. The van der Waals surface area contributed by atoms with Crippen LogP contribution in [0.5, 0.6) is 0 Å². The maximum absolute atomic E-state index is 12.4. The molecule has 0 fully saturated rings. The third-order valence-electron chi connectivity index (χ3n) is 4.09. The molecule has 0 saturated heterocycles. The molecule has 3 rings (SSSR count). The molecule has 6 heteroatoms. The quantitative estimate of drug-likeness (QED) is 0.487. The van der Waals surface area contributed by atoms with Crippen molar-refractivity contribution >= 4 is 17.5 Å². The summed E-state index contributed by atoms with van der Waals surface area (Å²) in [6.45, 7) is 4.81. The van der Waals surface area contributed by atoms with Gasteiger partial charge < -0.3 is 4.57 Å². The molecular weight excluding hydrogens is 344 g/mol. The number of ketones is 1. The third-order valence-corrected chi connectivity index (χ3v) is 5.05. The second kappa shape index (κ2) is 7.98. The monoisotopic (exact) mass is 362 g/mol. The van der Waals surface area contributed by atoms with Gasteiger partial charge >= 0.3 is 0 Å². The summed E-state index contributed by atoms with van der Waals surface area (Å²) in [7, 11) is 0. The largest absolute Gasteiger partial charge is 0.302 e. The van der Waals surface area contributed by atoms with Crippen molar-refractivity contribution in [3.63, 3.8) is 0 Å². The van der Waals surface area contributed by atoms with Gasteiger partial charge in [0.2, 0.25) is 0 Å². The van der Waals surface area contributed by atoms with E-state index in [0.29, 0.717) is 11.1 Å². The second-order valence-electron chi connectivity index (χ2n) is 5.77. The van der Waals surface area contributed by atoms with Crippen molar-refractivity contribution in [3.05, 3.63) is 65.2 Å². The summed E-state index contributed by atoms with van der Waals surface area (Å²) in [4.78, 5) is 12.4. The molecule has 2 aromatic carbocycles. The number of hydrogen-bond acceptors (Lipinski definition) is 5. The van der Waals surface area contributed by atoms with Crippen LogP contribution in [0.15, 0.2) is 53.7 Å². The average molecular weight is 362 g/mol. The molecule has 1 heterocycles. The topological polar surface area (TPSA) is 71.6 Å². The van der Waals surface area contributed by atoms with Crippen molar-refractivity contribution < 1.29 is 4.79 Å². The van der Waals surface area contributed by atoms with Crippen LogP contribution in [0.25, 0.3) is 11.4 Å². The van der Waals surface area contributed by atoms with E-state index in [1.807, 2.05) is 42.7 Å². The van der Waals surface area contributed by atoms with Gasteiger partial charge in [-0.05, 0) is 31.5 Å². The number of carbonyl (C=O) groups excluding carboxylic acids is 1. The summed E-state index contributed by atoms with van der Waals surface area (Å²) in [6.07, 6.45) is 0. The van der Waals surface area contributed by atoms with Gasteiger partial charge in [-0.1, -0.05) is 48.2 Å². The van der Waals surface area contributed by atoms with Crippen LogP contribution in [-0.4, -0.2) is 26.3 Å². The standard InChI is InChI=1S/C20H18N4OS/c1-3-24-19(17-7-5-4-6-14(17)2)22-23-20(24)26-13-18(25)16-10-8-15(12-21)9-11-16/h4-11H,3,13H2,1-2H3. The van der Waals surface area contributed by atoms with Crippen LogP contribution in [0, 0.1) is 18.3 Å². The van der Waals surface area contributed by atoms with Gasteiger partial charge in [-0.3, -0.25) is 4.79 Å². The van der Waals surface area contributed by atoms with Gasteiger partial charge in [0.05, 0.1) is 17.4 Å². The lowest BCUT2D eigenvalue weighted by Crippen LogP contribution is -2.05. The summed E-state index contributed by atoms with van der Waals surface area (Å²) in [5, 5.41) is 18.2. The molecule has 0 amide bonds. The molecular formula is C20H18N4OS. The molecule has 0 aliphatic carbocycles. The number of nitrogens with zero attached hydrogens (tertiary/aromatic N) is 4. The molecule has 0 aliphatic rings. The molecule has 26 heavy (non-hydrogen) atoms. The van der Waals surface area contributed by atoms with Crippen LogP contribution in [0.4, 0.5) is 0 Å². The number of hydrogen-bond donors (Lipinski definition) is 0. The molecule has 0 aliphatic heterocycles. The molecule has 0 radical (unpaired) electrons. The van der Waals surface area contributed by atoms with Crippen LogP contribution in [0.3, 0.4) is 0 Å². The zero-order valence-electron chi connectivity index (χ0n) is 14.6. The number of aromatic nitrogens is 3. The van der Waals surface area contributed by atoms with E-state index in [1.165, 1.54) is 11.8 Å². The number of rotatable bonds is 6. The number of Topliss-reactive ketones (excluding diaryl/α,β-unsaturated/α-hetero) is 1. The predicted octanol–water partition coefficient (Wildman–Crippen LogP) is 4.12. The van der Waals surface area contributed by atoms with Crippen LogP contribution in [0.1, 0.15) is 28.4 Å². The zero-order chi connectivity index (χ0) is 18.5. The predicted molar refractivity (Wildman–Crippen MR) is 102 cm³/mol. The van der Waals surface area contributed by atoms with E-state index in [4.69, 9.17) is 5.26 Å². The second-order valence-corrected chi connectivity index (χ2v) is 6.71. The van der Waals surface area contributed by atoms with Gasteiger partial charge in [0.25, 0.3) is 0 Å². The van der Waals surface area contributed by atoms with Crippen LogP contribution < -0.4 is 0 Å². The first kappa shape index (κ1) is 17.9. The molecule has 0 saturated carbocycles. The van der Waals surface area contributed by atoms with Gasteiger partial charge in [-0.2, -0.15) is 5.26 Å². The van der Waals surface area contributed by atoms with E-state index in [-0.39, 0.29) is 11.5 Å². The van der Waals surface area contributed by atoms with E-state index >= 15 is 0 Å². The van der Waals surface area contributed by atoms with Gasteiger partial charge in [-0.25, -0.2) is 0 Å². The summed E-state index contributed by atoms with van der Waals surface area (Å²) >= 11 is 1.38. The van der Waals surface area contributed by atoms with Crippen molar-refractivity contribution in [2.45, 2.75) is 25.5 Å². The van der Waals surface area contributed by atoms with E-state index in [1.54, 1.807) is 24.3 Å². The Morgan fingerprint density at radius 3 is 2.54 bits per heavy atom. The summed E-state index contributed by atoms with van der Waals surface area (Å²) in [5.74, 6) is 1.10. The SMILES string of the molecule is CCn1c(SCC(=O)c2ccc(C#N)cc2)nnc1-c1ccccc1C. The first-order chi connectivity index (χ1) is 12.6. The fourth-order valence-corrected chi connectivity index (χ4v) is 3.54. The first-order valence-electron chi connectivity index (χ1n) is 8.29. The third kappa shape index (κ3) is 3.68. The van der Waals surface area contributed by atoms with Crippen LogP contribution in [-0.2, 0) is 6.54 Å². The Labute approximate surface area is 156 Å². The molecule has 1 aromatic heterocycles. The van der Waals surface area contributed by atoms with E-state index in [2.05, 4.69) is 16.3 Å². The maximum atomic E-state index is 12.4. The summed E-state index contributed by atoms with van der Waals surface area (Å²) in [5.41, 5.74) is 3.33. The lowest BCUT2D eigenvalue weighted by molar-refractivity contribution is 0.102.